The number of piperazine rings is 1. The van der Waals surface area contributed by atoms with E-state index < -0.39 is 18.1 Å². The Labute approximate surface area is 106 Å². The van der Waals surface area contributed by atoms with Gasteiger partial charge in [-0.3, -0.25) is 9.80 Å². The van der Waals surface area contributed by atoms with Crippen molar-refractivity contribution in [3.8, 4) is 0 Å². The predicted molar refractivity (Wildman–Crippen MR) is 64.3 cm³/mol. The molecule has 0 aliphatic carbocycles. The van der Waals surface area contributed by atoms with E-state index in [0.717, 1.165) is 25.9 Å². The van der Waals surface area contributed by atoms with Crippen LogP contribution in [0.2, 0.25) is 0 Å². The molecule has 0 saturated carbocycles. The Kier molecular flexibility index (Phi) is 3.86. The summed E-state index contributed by atoms with van der Waals surface area (Å²) in [4.78, 5) is 26.7. The molecule has 6 nitrogen and oxygen atoms in total. The van der Waals surface area contributed by atoms with Crippen LogP contribution in [0.15, 0.2) is 12.7 Å². The van der Waals surface area contributed by atoms with Gasteiger partial charge in [0.25, 0.3) is 0 Å². The lowest BCUT2D eigenvalue weighted by Gasteiger charge is -2.41. The molecular formula is C12H18N2O4. The molecule has 1 amide bonds. The van der Waals surface area contributed by atoms with E-state index in [2.05, 4.69) is 11.5 Å². The molecule has 0 aromatic carbocycles. The molecule has 6 heteroatoms. The van der Waals surface area contributed by atoms with Gasteiger partial charge in [0.2, 0.25) is 0 Å². The van der Waals surface area contributed by atoms with Gasteiger partial charge in [-0.25, -0.2) is 9.59 Å². The molecular weight excluding hydrogens is 236 g/mol. The van der Waals surface area contributed by atoms with Crippen LogP contribution < -0.4 is 0 Å². The molecule has 2 aliphatic heterocycles. The monoisotopic (exact) mass is 254 g/mol. The quantitative estimate of drug-likeness (QED) is 0.744. The lowest BCUT2D eigenvalue weighted by molar-refractivity contribution is -0.147. The highest BCUT2D eigenvalue weighted by Gasteiger charge is 2.45. The normalized spacial score (nSPS) is 27.7. The van der Waals surface area contributed by atoms with Gasteiger partial charge in [0.15, 0.2) is 0 Å². The zero-order valence-electron chi connectivity index (χ0n) is 10.2. The average Bonchev–Trinajstić information content (AvgIpc) is 2.82. The second-order valence-corrected chi connectivity index (χ2v) is 4.59. The van der Waals surface area contributed by atoms with Gasteiger partial charge in [0, 0.05) is 19.1 Å². The van der Waals surface area contributed by atoms with Crippen LogP contribution in [0.1, 0.15) is 12.8 Å². The van der Waals surface area contributed by atoms with Gasteiger partial charge in [-0.05, 0) is 19.4 Å². The van der Waals surface area contributed by atoms with Crippen molar-refractivity contribution in [3.05, 3.63) is 12.7 Å². The van der Waals surface area contributed by atoms with Crippen molar-refractivity contribution < 1.29 is 19.4 Å². The summed E-state index contributed by atoms with van der Waals surface area (Å²) in [6.07, 6.45) is 2.72. The van der Waals surface area contributed by atoms with Crippen molar-refractivity contribution in [2.75, 3.05) is 26.2 Å². The Morgan fingerprint density at radius 1 is 1.39 bits per heavy atom. The number of amides is 1. The van der Waals surface area contributed by atoms with Crippen LogP contribution in [0.5, 0.6) is 0 Å². The van der Waals surface area contributed by atoms with Crippen molar-refractivity contribution in [1.82, 2.24) is 9.80 Å². The molecule has 0 aromatic heterocycles. The summed E-state index contributed by atoms with van der Waals surface area (Å²) in [5.74, 6) is -0.956. The van der Waals surface area contributed by atoms with E-state index in [-0.39, 0.29) is 12.6 Å². The highest BCUT2D eigenvalue weighted by molar-refractivity contribution is 5.81. The number of rotatable bonds is 3. The molecule has 1 N–H and O–H groups in total. The number of aliphatic carboxylic acids is 1. The number of fused-ring (bicyclic) bond motifs is 1. The van der Waals surface area contributed by atoms with Crippen molar-refractivity contribution in [2.24, 2.45) is 0 Å². The van der Waals surface area contributed by atoms with Crippen LogP contribution in [-0.2, 0) is 9.53 Å². The Balaban J connectivity index is 2.10. The maximum atomic E-state index is 11.8. The Hall–Kier alpha value is -1.56. The third kappa shape index (κ3) is 2.33. The van der Waals surface area contributed by atoms with Crippen molar-refractivity contribution in [2.45, 2.75) is 24.9 Å². The predicted octanol–water partition coefficient (Wildman–Crippen LogP) is 0.542. The standard InChI is InChI=1S/C12H18N2O4/c1-2-8-18-12(17)14-7-6-13-5-3-4-9(13)10(14)11(15)16/h2,9-10H,1,3-8H2,(H,15,16). The molecule has 18 heavy (non-hydrogen) atoms. The number of carboxylic acids is 1. The van der Waals surface area contributed by atoms with Gasteiger partial charge in [-0.2, -0.15) is 0 Å². The largest absolute Gasteiger partial charge is 0.480 e. The number of nitrogens with zero attached hydrogens (tertiary/aromatic N) is 2. The third-order valence-electron chi connectivity index (χ3n) is 3.55. The first-order valence-corrected chi connectivity index (χ1v) is 6.16. The molecule has 100 valence electrons. The number of hydrogen-bond acceptors (Lipinski definition) is 4. The Bertz CT molecular complexity index is 358. The summed E-state index contributed by atoms with van der Waals surface area (Å²) in [7, 11) is 0. The van der Waals surface area contributed by atoms with Crippen molar-refractivity contribution in [3.63, 3.8) is 0 Å². The van der Waals surface area contributed by atoms with Crippen LogP contribution in [0.4, 0.5) is 4.79 Å². The van der Waals surface area contributed by atoms with E-state index in [0.29, 0.717) is 6.54 Å². The molecule has 2 aliphatic rings. The summed E-state index contributed by atoms with van der Waals surface area (Å²) in [5, 5.41) is 9.33. The molecule has 2 unspecified atom stereocenters. The molecule has 2 rings (SSSR count). The highest BCUT2D eigenvalue weighted by atomic mass is 16.6. The fraction of sp³-hybridized carbons (Fsp3) is 0.667. The molecule has 0 bridgehead atoms. The minimum Gasteiger partial charge on any atom is -0.480 e. The van der Waals surface area contributed by atoms with E-state index in [1.165, 1.54) is 11.0 Å². The van der Waals surface area contributed by atoms with E-state index in [4.69, 9.17) is 4.74 Å². The van der Waals surface area contributed by atoms with Crippen LogP contribution in [0.25, 0.3) is 0 Å². The van der Waals surface area contributed by atoms with Gasteiger partial charge in [-0.1, -0.05) is 12.7 Å². The smallest absolute Gasteiger partial charge is 0.410 e. The highest BCUT2D eigenvalue weighted by Crippen LogP contribution is 2.27. The van der Waals surface area contributed by atoms with E-state index in [1.54, 1.807) is 0 Å². The summed E-state index contributed by atoms with van der Waals surface area (Å²) in [5.41, 5.74) is 0. The molecule has 2 atom stereocenters. The zero-order valence-corrected chi connectivity index (χ0v) is 10.2. The Morgan fingerprint density at radius 3 is 2.83 bits per heavy atom. The molecule has 2 fully saturated rings. The molecule has 0 radical (unpaired) electrons. The van der Waals surface area contributed by atoms with E-state index in [1.807, 2.05) is 0 Å². The Morgan fingerprint density at radius 2 is 2.17 bits per heavy atom. The second kappa shape index (κ2) is 5.39. The van der Waals surface area contributed by atoms with Crippen molar-refractivity contribution in [1.29, 1.82) is 0 Å². The molecule has 0 aromatic rings. The maximum absolute atomic E-state index is 11.8. The van der Waals surface area contributed by atoms with Crippen molar-refractivity contribution >= 4 is 12.1 Å². The lowest BCUT2D eigenvalue weighted by atomic mass is 10.0. The first-order chi connectivity index (χ1) is 8.65. The number of carbonyl (C=O) groups excluding carboxylic acids is 1. The van der Waals surface area contributed by atoms with Crippen LogP contribution in [0, 0.1) is 0 Å². The van der Waals surface area contributed by atoms with E-state index in [9.17, 15) is 14.7 Å². The summed E-state index contributed by atoms with van der Waals surface area (Å²) in [6.45, 7) is 5.62. The van der Waals surface area contributed by atoms with Gasteiger partial charge in [-0.15, -0.1) is 0 Å². The average molecular weight is 254 g/mol. The second-order valence-electron chi connectivity index (χ2n) is 4.59. The fourth-order valence-corrected chi connectivity index (χ4v) is 2.79. The first-order valence-electron chi connectivity index (χ1n) is 6.16. The number of hydrogen-bond donors (Lipinski definition) is 1. The summed E-state index contributed by atoms with van der Waals surface area (Å²) < 4.78 is 4.95. The molecule has 2 heterocycles. The van der Waals surface area contributed by atoms with E-state index >= 15 is 0 Å². The number of carbonyl (C=O) groups is 2. The van der Waals surface area contributed by atoms with Crippen LogP contribution in [0.3, 0.4) is 0 Å². The maximum Gasteiger partial charge on any atom is 0.410 e. The summed E-state index contributed by atoms with van der Waals surface area (Å²) >= 11 is 0. The minimum atomic E-state index is -0.956. The summed E-state index contributed by atoms with van der Waals surface area (Å²) in [6, 6.07) is -0.869. The van der Waals surface area contributed by atoms with Gasteiger partial charge in [0.1, 0.15) is 12.6 Å². The number of carboxylic acid groups (broad SMARTS) is 1. The molecule has 2 saturated heterocycles. The zero-order chi connectivity index (χ0) is 13.1. The van der Waals surface area contributed by atoms with Gasteiger partial charge < -0.3 is 9.84 Å². The third-order valence-corrected chi connectivity index (χ3v) is 3.55. The molecule has 0 spiro atoms. The van der Waals surface area contributed by atoms with Crippen LogP contribution >= 0.6 is 0 Å². The number of ether oxygens (including phenoxy) is 1. The lowest BCUT2D eigenvalue weighted by Crippen LogP contribution is -2.61. The first kappa shape index (κ1) is 12.9. The minimum absolute atomic E-state index is 0.0764. The topological polar surface area (TPSA) is 70.1 Å². The van der Waals surface area contributed by atoms with Gasteiger partial charge in [0.05, 0.1) is 0 Å². The van der Waals surface area contributed by atoms with Gasteiger partial charge >= 0.3 is 12.1 Å². The SMILES string of the molecule is C=CCOC(=O)N1CCN2CCCC2C1C(=O)O. The fourth-order valence-electron chi connectivity index (χ4n) is 2.79. The van der Waals surface area contributed by atoms with Crippen LogP contribution in [-0.4, -0.2) is 65.3 Å².